The summed E-state index contributed by atoms with van der Waals surface area (Å²) in [6.07, 6.45) is 0.976. The van der Waals surface area contributed by atoms with E-state index in [1.54, 1.807) is 0 Å². The fourth-order valence-electron chi connectivity index (χ4n) is 2.69. The summed E-state index contributed by atoms with van der Waals surface area (Å²) in [5.74, 6) is -0.538. The van der Waals surface area contributed by atoms with Crippen LogP contribution in [-0.2, 0) is 6.42 Å². The first-order valence-corrected chi connectivity index (χ1v) is 7.08. The van der Waals surface area contributed by atoms with Gasteiger partial charge in [-0.1, -0.05) is 24.3 Å². The molecule has 0 saturated carbocycles. The van der Waals surface area contributed by atoms with E-state index in [0.29, 0.717) is 6.54 Å². The first-order chi connectivity index (χ1) is 10.6. The van der Waals surface area contributed by atoms with Gasteiger partial charge in [0.15, 0.2) is 5.69 Å². The number of fused-ring (bicyclic) bond motifs is 1. The monoisotopic (exact) mass is 300 g/mol. The molecule has 2 aromatic rings. The molecule has 1 aliphatic heterocycles. The molecule has 1 aromatic heterocycles. The quantitative estimate of drug-likeness (QED) is 0.589. The molecule has 1 aromatic carbocycles. The summed E-state index contributed by atoms with van der Waals surface area (Å²) in [7, 11) is 0. The summed E-state index contributed by atoms with van der Waals surface area (Å²) < 4.78 is 0. The molecule has 1 unspecified atom stereocenters. The van der Waals surface area contributed by atoms with E-state index in [0.717, 1.165) is 13.0 Å². The zero-order chi connectivity index (χ0) is 15.5. The Morgan fingerprint density at radius 1 is 1.32 bits per heavy atom. The van der Waals surface area contributed by atoms with Crippen LogP contribution in [0, 0.1) is 10.1 Å². The second-order valence-corrected chi connectivity index (χ2v) is 5.18. The molecule has 0 bridgehead atoms. The van der Waals surface area contributed by atoms with Gasteiger partial charge in [0, 0.05) is 18.7 Å². The van der Waals surface area contributed by atoms with Crippen LogP contribution in [0.15, 0.2) is 36.4 Å². The minimum atomic E-state index is -0.560. The average molecular weight is 300 g/mol. The molecule has 1 aliphatic rings. The van der Waals surface area contributed by atoms with Gasteiger partial charge in [-0.2, -0.15) is 0 Å². The maximum absolute atomic E-state index is 12.0. The molecule has 0 spiro atoms. The van der Waals surface area contributed by atoms with Gasteiger partial charge < -0.3 is 20.7 Å². The van der Waals surface area contributed by atoms with Crippen LogP contribution in [0.2, 0.25) is 0 Å². The Labute approximate surface area is 126 Å². The zero-order valence-electron chi connectivity index (χ0n) is 11.8. The van der Waals surface area contributed by atoms with Gasteiger partial charge in [0.2, 0.25) is 0 Å². The van der Waals surface area contributed by atoms with Gasteiger partial charge in [0.1, 0.15) is 0 Å². The summed E-state index contributed by atoms with van der Waals surface area (Å²) in [6.45, 7) is 1.30. The second kappa shape index (κ2) is 5.98. The van der Waals surface area contributed by atoms with Gasteiger partial charge in [-0.3, -0.25) is 4.79 Å². The Balaban J connectivity index is 1.65. The number of H-pyrrole nitrogens is 1. The predicted octanol–water partition coefficient (Wildman–Crippen LogP) is 1.54. The second-order valence-electron chi connectivity index (χ2n) is 5.18. The molecule has 3 rings (SSSR count). The Morgan fingerprint density at radius 3 is 2.91 bits per heavy atom. The summed E-state index contributed by atoms with van der Waals surface area (Å²) >= 11 is 0. The van der Waals surface area contributed by atoms with Crippen LogP contribution in [0.4, 0.5) is 5.82 Å². The first kappa shape index (κ1) is 14.3. The van der Waals surface area contributed by atoms with Crippen molar-refractivity contribution in [2.75, 3.05) is 13.1 Å². The van der Waals surface area contributed by atoms with E-state index in [1.807, 2.05) is 12.1 Å². The number of benzene rings is 1. The van der Waals surface area contributed by atoms with Crippen molar-refractivity contribution in [2.45, 2.75) is 12.5 Å². The third-order valence-corrected chi connectivity index (χ3v) is 3.79. The molecule has 7 heteroatoms. The van der Waals surface area contributed by atoms with Crippen molar-refractivity contribution in [3.63, 3.8) is 0 Å². The lowest BCUT2D eigenvalue weighted by Gasteiger charge is -2.26. The van der Waals surface area contributed by atoms with E-state index in [2.05, 4.69) is 27.8 Å². The van der Waals surface area contributed by atoms with Crippen LogP contribution in [0.25, 0.3) is 0 Å². The molecule has 0 saturated heterocycles. The molecular weight excluding hydrogens is 284 g/mol. The number of carbonyl (C=O) groups is 1. The number of nitrogens with one attached hydrogen (secondary N) is 3. The predicted molar refractivity (Wildman–Crippen MR) is 80.7 cm³/mol. The highest BCUT2D eigenvalue weighted by atomic mass is 16.6. The third kappa shape index (κ3) is 2.84. The molecular formula is C15H16N4O3. The molecule has 3 N–H and O–H groups in total. The van der Waals surface area contributed by atoms with Gasteiger partial charge in [-0.25, -0.2) is 4.98 Å². The summed E-state index contributed by atoms with van der Waals surface area (Å²) in [4.78, 5) is 24.6. The van der Waals surface area contributed by atoms with Gasteiger partial charge in [-0.05, 0) is 35.1 Å². The minimum absolute atomic E-state index is 0.0545. The van der Waals surface area contributed by atoms with Crippen LogP contribution < -0.4 is 10.6 Å². The zero-order valence-corrected chi connectivity index (χ0v) is 11.8. The number of nitro groups is 1. The van der Waals surface area contributed by atoms with Crippen molar-refractivity contribution in [2.24, 2.45) is 0 Å². The maximum atomic E-state index is 12.0. The highest BCUT2D eigenvalue weighted by Gasteiger charge is 2.21. The summed E-state index contributed by atoms with van der Waals surface area (Å²) in [5.41, 5.74) is 2.67. The van der Waals surface area contributed by atoms with Crippen molar-refractivity contribution in [3.05, 3.63) is 63.3 Å². The standard InChI is InChI=1S/C15H16N4O3/c20-15(12-5-6-14(18-12)19(21)22)17-9-13-11-4-2-1-3-10(11)7-8-16-13/h1-6,13,16,18H,7-9H2,(H,17,20). The topological polar surface area (TPSA) is 100 Å². The number of hydrogen-bond donors (Lipinski definition) is 3. The van der Waals surface area contributed by atoms with Crippen molar-refractivity contribution < 1.29 is 9.72 Å². The van der Waals surface area contributed by atoms with E-state index < -0.39 is 4.92 Å². The molecule has 7 nitrogen and oxygen atoms in total. The number of rotatable bonds is 4. The van der Waals surface area contributed by atoms with E-state index in [4.69, 9.17) is 0 Å². The summed E-state index contributed by atoms with van der Waals surface area (Å²) in [6, 6.07) is 10.9. The van der Waals surface area contributed by atoms with Crippen molar-refractivity contribution in [3.8, 4) is 0 Å². The molecule has 1 atom stereocenters. The molecule has 22 heavy (non-hydrogen) atoms. The lowest BCUT2D eigenvalue weighted by Crippen LogP contribution is -2.38. The molecule has 2 heterocycles. The van der Waals surface area contributed by atoms with E-state index in [1.165, 1.54) is 23.3 Å². The van der Waals surface area contributed by atoms with Crippen molar-refractivity contribution >= 4 is 11.7 Å². The Bertz CT molecular complexity index is 710. The largest absolute Gasteiger partial charge is 0.358 e. The van der Waals surface area contributed by atoms with Gasteiger partial charge in [0.05, 0.1) is 0 Å². The SMILES string of the molecule is O=C(NCC1NCCc2ccccc21)c1ccc([N+](=O)[O-])[nH]1. The molecule has 114 valence electrons. The number of amides is 1. The van der Waals surface area contributed by atoms with Crippen molar-refractivity contribution in [1.29, 1.82) is 0 Å². The van der Waals surface area contributed by atoms with Gasteiger partial charge in [0.25, 0.3) is 5.91 Å². The molecule has 0 fully saturated rings. The molecule has 0 aliphatic carbocycles. The first-order valence-electron chi connectivity index (χ1n) is 7.08. The van der Waals surface area contributed by atoms with E-state index >= 15 is 0 Å². The Kier molecular flexibility index (Phi) is 3.88. The van der Waals surface area contributed by atoms with Crippen LogP contribution in [0.5, 0.6) is 0 Å². The lowest BCUT2D eigenvalue weighted by molar-refractivity contribution is -0.389. The lowest BCUT2D eigenvalue weighted by atomic mass is 9.94. The van der Waals surface area contributed by atoms with E-state index in [9.17, 15) is 14.9 Å². The fraction of sp³-hybridized carbons (Fsp3) is 0.267. The van der Waals surface area contributed by atoms with Gasteiger partial charge >= 0.3 is 5.82 Å². The minimum Gasteiger partial charge on any atom is -0.358 e. The maximum Gasteiger partial charge on any atom is 0.321 e. The number of aromatic amines is 1. The normalized spacial score (nSPS) is 16.8. The van der Waals surface area contributed by atoms with Crippen LogP contribution in [0.1, 0.15) is 27.7 Å². The van der Waals surface area contributed by atoms with Crippen LogP contribution in [-0.4, -0.2) is 28.9 Å². The highest BCUT2D eigenvalue weighted by Crippen LogP contribution is 2.22. The Hall–Kier alpha value is -2.67. The van der Waals surface area contributed by atoms with Crippen LogP contribution >= 0.6 is 0 Å². The Morgan fingerprint density at radius 2 is 2.14 bits per heavy atom. The van der Waals surface area contributed by atoms with Gasteiger partial charge in [-0.15, -0.1) is 0 Å². The number of nitrogens with zero attached hydrogens (tertiary/aromatic N) is 1. The fourth-order valence-corrected chi connectivity index (χ4v) is 2.69. The van der Waals surface area contributed by atoms with E-state index in [-0.39, 0.29) is 23.5 Å². The van der Waals surface area contributed by atoms with Crippen LogP contribution in [0.3, 0.4) is 0 Å². The third-order valence-electron chi connectivity index (χ3n) is 3.79. The van der Waals surface area contributed by atoms with Crippen molar-refractivity contribution in [1.82, 2.24) is 15.6 Å². The molecule has 0 radical (unpaired) electrons. The number of aromatic nitrogens is 1. The number of hydrogen-bond acceptors (Lipinski definition) is 4. The summed E-state index contributed by atoms with van der Waals surface area (Å²) in [5, 5.41) is 16.8. The molecule has 1 amide bonds. The smallest absolute Gasteiger partial charge is 0.321 e. The average Bonchev–Trinajstić information content (AvgIpc) is 3.03. The number of carbonyl (C=O) groups excluding carboxylic acids is 1. The highest BCUT2D eigenvalue weighted by molar-refractivity contribution is 5.92.